The van der Waals surface area contributed by atoms with E-state index in [2.05, 4.69) is 33.8 Å². The van der Waals surface area contributed by atoms with Crippen molar-refractivity contribution in [1.82, 2.24) is 0 Å². The molecular formula is C27H31FO2S. The van der Waals surface area contributed by atoms with Crippen molar-refractivity contribution in [3.63, 3.8) is 0 Å². The molecule has 0 aliphatic carbocycles. The van der Waals surface area contributed by atoms with E-state index in [1.165, 1.54) is 17.7 Å². The molecule has 31 heavy (non-hydrogen) atoms. The molecule has 0 saturated carbocycles. The number of halogens is 1. The number of phenols is 1. The number of para-hydroxylation sites is 1. The van der Waals surface area contributed by atoms with Gasteiger partial charge in [0, 0.05) is 16.2 Å². The van der Waals surface area contributed by atoms with Gasteiger partial charge in [0.1, 0.15) is 11.6 Å². The van der Waals surface area contributed by atoms with Crippen LogP contribution < -0.4 is 0 Å². The molecule has 164 valence electrons. The van der Waals surface area contributed by atoms with E-state index >= 15 is 0 Å². The lowest BCUT2D eigenvalue weighted by Gasteiger charge is -2.27. The Bertz CT molecular complexity index is 1040. The highest BCUT2D eigenvalue weighted by Gasteiger charge is 2.25. The Morgan fingerprint density at radius 2 is 1.48 bits per heavy atom. The Hall–Kier alpha value is -2.30. The third-order valence-electron chi connectivity index (χ3n) is 5.57. The van der Waals surface area contributed by atoms with Gasteiger partial charge < -0.3 is 10.2 Å². The number of aliphatic hydroxyl groups excluding tert-OH is 1. The summed E-state index contributed by atoms with van der Waals surface area (Å²) >= 11 is 1.63. The summed E-state index contributed by atoms with van der Waals surface area (Å²) in [6.45, 7) is 10.4. The van der Waals surface area contributed by atoms with E-state index in [0.717, 1.165) is 32.7 Å². The first-order valence-corrected chi connectivity index (χ1v) is 11.7. The monoisotopic (exact) mass is 438 g/mol. The molecule has 0 aromatic heterocycles. The Morgan fingerprint density at radius 1 is 0.871 bits per heavy atom. The van der Waals surface area contributed by atoms with Crippen LogP contribution >= 0.6 is 11.8 Å². The lowest BCUT2D eigenvalue weighted by molar-refractivity contribution is 0.198. The Kier molecular flexibility index (Phi) is 7.45. The van der Waals surface area contributed by atoms with Crippen LogP contribution in [0.5, 0.6) is 5.75 Å². The second kappa shape index (κ2) is 9.88. The van der Waals surface area contributed by atoms with E-state index in [-0.39, 0.29) is 23.4 Å². The third-order valence-corrected chi connectivity index (χ3v) is 6.61. The molecule has 1 unspecified atom stereocenters. The molecule has 0 heterocycles. The summed E-state index contributed by atoms with van der Waals surface area (Å²) in [6, 6.07) is 16.1. The standard InChI is InChI=1S/C27H31FO2S/c1-16(2)22-14-23(17(3)4)26(18(5)29)27(21-8-6-7-9-25(21)30)24(22)15-31-20-12-10-19(28)11-13-20/h6-14,16-18,29-30H,15H2,1-5H3. The van der Waals surface area contributed by atoms with Crippen molar-refractivity contribution in [3.8, 4) is 16.9 Å². The molecule has 0 radical (unpaired) electrons. The van der Waals surface area contributed by atoms with Gasteiger partial charge in [-0.2, -0.15) is 0 Å². The fourth-order valence-corrected chi connectivity index (χ4v) is 5.01. The molecule has 3 aromatic rings. The Labute approximate surface area is 189 Å². The summed E-state index contributed by atoms with van der Waals surface area (Å²) in [7, 11) is 0. The first-order valence-electron chi connectivity index (χ1n) is 10.7. The van der Waals surface area contributed by atoms with Crippen LogP contribution in [0.15, 0.2) is 59.5 Å². The highest BCUT2D eigenvalue weighted by molar-refractivity contribution is 7.98. The van der Waals surface area contributed by atoms with Crippen LogP contribution in [-0.4, -0.2) is 10.2 Å². The highest BCUT2D eigenvalue weighted by Crippen LogP contribution is 2.45. The average molecular weight is 439 g/mol. The predicted octanol–water partition coefficient (Wildman–Crippen LogP) is 7.79. The number of aromatic hydroxyl groups is 1. The zero-order chi connectivity index (χ0) is 22.7. The minimum Gasteiger partial charge on any atom is -0.507 e. The van der Waals surface area contributed by atoms with E-state index in [4.69, 9.17) is 0 Å². The Balaban J connectivity index is 2.28. The quantitative estimate of drug-likeness (QED) is 0.370. The number of thioether (sulfide) groups is 1. The smallest absolute Gasteiger partial charge is 0.123 e. The Morgan fingerprint density at radius 3 is 2.03 bits per heavy atom. The van der Waals surface area contributed by atoms with Crippen LogP contribution in [0.4, 0.5) is 4.39 Å². The van der Waals surface area contributed by atoms with Gasteiger partial charge in [-0.1, -0.05) is 52.0 Å². The van der Waals surface area contributed by atoms with Gasteiger partial charge in [0.05, 0.1) is 6.10 Å². The fourth-order valence-electron chi connectivity index (χ4n) is 4.06. The van der Waals surface area contributed by atoms with Gasteiger partial charge in [0.25, 0.3) is 0 Å². The van der Waals surface area contributed by atoms with Gasteiger partial charge >= 0.3 is 0 Å². The maximum absolute atomic E-state index is 13.3. The lowest BCUT2D eigenvalue weighted by atomic mass is 9.80. The molecule has 0 bridgehead atoms. The minimum absolute atomic E-state index is 0.202. The number of benzene rings is 3. The van der Waals surface area contributed by atoms with Gasteiger partial charge in [-0.05, 0) is 76.9 Å². The molecule has 2 nitrogen and oxygen atoms in total. The van der Waals surface area contributed by atoms with Crippen molar-refractivity contribution < 1.29 is 14.6 Å². The van der Waals surface area contributed by atoms with Crippen LogP contribution in [-0.2, 0) is 5.75 Å². The first kappa shape index (κ1) is 23.4. The fraction of sp³-hybridized carbons (Fsp3) is 0.333. The van der Waals surface area contributed by atoms with Crippen molar-refractivity contribution in [1.29, 1.82) is 0 Å². The zero-order valence-electron chi connectivity index (χ0n) is 18.8. The topological polar surface area (TPSA) is 40.5 Å². The summed E-state index contributed by atoms with van der Waals surface area (Å²) in [4.78, 5) is 0.978. The molecule has 0 spiro atoms. The molecule has 0 amide bonds. The number of rotatable bonds is 7. The lowest BCUT2D eigenvalue weighted by Crippen LogP contribution is -2.10. The second-order valence-electron chi connectivity index (χ2n) is 8.57. The zero-order valence-corrected chi connectivity index (χ0v) is 19.6. The molecule has 3 aromatic carbocycles. The molecule has 2 N–H and O–H groups in total. The summed E-state index contributed by atoms with van der Waals surface area (Å²) in [5.74, 6) is 1.10. The van der Waals surface area contributed by atoms with Crippen molar-refractivity contribution >= 4 is 11.8 Å². The van der Waals surface area contributed by atoms with Crippen molar-refractivity contribution in [3.05, 3.63) is 82.7 Å². The highest BCUT2D eigenvalue weighted by atomic mass is 32.2. The summed E-state index contributed by atoms with van der Waals surface area (Å²) in [5, 5.41) is 21.6. The van der Waals surface area contributed by atoms with Gasteiger partial charge in [-0.15, -0.1) is 11.8 Å². The van der Waals surface area contributed by atoms with Crippen molar-refractivity contribution in [2.75, 3.05) is 0 Å². The van der Waals surface area contributed by atoms with Crippen molar-refractivity contribution in [2.45, 2.75) is 63.2 Å². The molecular weight excluding hydrogens is 407 g/mol. The number of hydrogen-bond acceptors (Lipinski definition) is 3. The van der Waals surface area contributed by atoms with Gasteiger partial charge in [0.2, 0.25) is 0 Å². The number of aliphatic hydroxyl groups is 1. The SMILES string of the molecule is CC(C)c1cc(C(C)C)c(C(C)O)c(-c2ccccc2O)c1CSc1ccc(F)cc1. The molecule has 1 atom stereocenters. The van der Waals surface area contributed by atoms with Crippen LogP contribution in [0, 0.1) is 5.82 Å². The minimum atomic E-state index is -0.678. The summed E-state index contributed by atoms with van der Waals surface area (Å²) < 4.78 is 13.3. The second-order valence-corrected chi connectivity index (χ2v) is 9.62. The molecule has 0 aliphatic rings. The maximum atomic E-state index is 13.3. The number of phenolic OH excluding ortho intramolecular Hbond substituents is 1. The van der Waals surface area contributed by atoms with Gasteiger partial charge in [-0.3, -0.25) is 0 Å². The van der Waals surface area contributed by atoms with Crippen molar-refractivity contribution in [2.24, 2.45) is 0 Å². The van der Waals surface area contributed by atoms with E-state index in [1.807, 2.05) is 18.2 Å². The van der Waals surface area contributed by atoms with E-state index in [0.29, 0.717) is 5.75 Å². The molecule has 0 fully saturated rings. The maximum Gasteiger partial charge on any atom is 0.123 e. The summed E-state index contributed by atoms with van der Waals surface area (Å²) in [5.41, 5.74) is 5.94. The van der Waals surface area contributed by atoms with Crippen LogP contribution in [0.25, 0.3) is 11.1 Å². The van der Waals surface area contributed by atoms with Gasteiger partial charge in [0.15, 0.2) is 0 Å². The average Bonchev–Trinajstić information content (AvgIpc) is 2.72. The summed E-state index contributed by atoms with van der Waals surface area (Å²) in [6.07, 6.45) is -0.678. The number of hydrogen-bond donors (Lipinski definition) is 2. The third kappa shape index (κ3) is 5.13. The van der Waals surface area contributed by atoms with E-state index < -0.39 is 6.10 Å². The van der Waals surface area contributed by atoms with Crippen LogP contribution in [0.1, 0.15) is 74.8 Å². The van der Waals surface area contributed by atoms with Gasteiger partial charge in [-0.25, -0.2) is 4.39 Å². The van der Waals surface area contributed by atoms with E-state index in [9.17, 15) is 14.6 Å². The normalized spacial score (nSPS) is 12.5. The van der Waals surface area contributed by atoms with Crippen LogP contribution in [0.2, 0.25) is 0 Å². The molecule has 4 heteroatoms. The molecule has 0 aliphatic heterocycles. The van der Waals surface area contributed by atoms with Crippen LogP contribution in [0.3, 0.4) is 0 Å². The van der Waals surface area contributed by atoms with E-state index in [1.54, 1.807) is 36.9 Å². The predicted molar refractivity (Wildman–Crippen MR) is 128 cm³/mol. The first-order chi connectivity index (χ1) is 14.7. The molecule has 3 rings (SSSR count). The molecule has 0 saturated heterocycles. The largest absolute Gasteiger partial charge is 0.507 e.